The fraction of sp³-hybridized carbons (Fsp3) is 0.667. The van der Waals surface area contributed by atoms with Crippen LogP contribution in [0.25, 0.3) is 0 Å². The van der Waals surface area contributed by atoms with Gasteiger partial charge >= 0.3 is 0 Å². The number of piperidine rings is 1. The van der Waals surface area contributed by atoms with Gasteiger partial charge in [-0.3, -0.25) is 4.98 Å². The molecule has 0 aromatic carbocycles. The molecule has 1 fully saturated rings. The number of aromatic nitrogens is 2. The third-order valence-electron chi connectivity index (χ3n) is 3.24. The number of alkyl halides is 1. The van der Waals surface area contributed by atoms with Gasteiger partial charge in [0.2, 0.25) is 0 Å². The van der Waals surface area contributed by atoms with E-state index in [1.165, 1.54) is 12.8 Å². The van der Waals surface area contributed by atoms with E-state index >= 15 is 0 Å². The number of nitrogens with zero attached hydrogens (tertiary/aromatic N) is 3. The van der Waals surface area contributed by atoms with Gasteiger partial charge in [0, 0.05) is 12.6 Å². The molecule has 1 aromatic heterocycles. The van der Waals surface area contributed by atoms with Crippen LogP contribution in [0, 0.1) is 5.92 Å². The molecule has 0 spiro atoms. The van der Waals surface area contributed by atoms with Crippen LogP contribution < -0.4 is 4.90 Å². The monoisotopic (exact) mass is 239 g/mol. The second kappa shape index (κ2) is 5.00. The third kappa shape index (κ3) is 2.46. The third-order valence-corrected chi connectivity index (χ3v) is 3.51. The molecule has 2 heterocycles. The van der Waals surface area contributed by atoms with Gasteiger partial charge in [0.15, 0.2) is 0 Å². The molecule has 2 rings (SSSR count). The van der Waals surface area contributed by atoms with Crippen LogP contribution in [0.1, 0.15) is 32.4 Å². The van der Waals surface area contributed by atoms with Crippen LogP contribution >= 0.6 is 11.6 Å². The molecule has 4 heteroatoms. The van der Waals surface area contributed by atoms with Crippen molar-refractivity contribution in [2.24, 2.45) is 5.92 Å². The maximum atomic E-state index is 5.70. The van der Waals surface area contributed by atoms with E-state index in [4.69, 9.17) is 11.6 Å². The maximum absolute atomic E-state index is 5.70. The van der Waals surface area contributed by atoms with Gasteiger partial charge in [0.1, 0.15) is 5.82 Å². The highest BCUT2D eigenvalue weighted by Gasteiger charge is 2.23. The van der Waals surface area contributed by atoms with Gasteiger partial charge in [-0.2, -0.15) is 0 Å². The van der Waals surface area contributed by atoms with Crippen LogP contribution in [0.15, 0.2) is 12.4 Å². The molecule has 2 atom stereocenters. The second-order valence-corrected chi connectivity index (χ2v) is 4.95. The summed E-state index contributed by atoms with van der Waals surface area (Å²) in [6, 6.07) is 0.562. The number of hydrogen-bond donors (Lipinski definition) is 0. The Kier molecular flexibility index (Phi) is 3.64. The Morgan fingerprint density at radius 3 is 2.75 bits per heavy atom. The first-order chi connectivity index (χ1) is 7.70. The number of hydrogen-bond acceptors (Lipinski definition) is 3. The van der Waals surface area contributed by atoms with E-state index in [2.05, 4.69) is 28.7 Å². The normalized spacial score (nSPS) is 25.8. The zero-order chi connectivity index (χ0) is 11.5. The predicted octanol–water partition coefficient (Wildman–Crippen LogP) is 2.84. The molecule has 0 N–H and O–H groups in total. The molecule has 0 aliphatic carbocycles. The first-order valence-corrected chi connectivity index (χ1v) is 6.37. The van der Waals surface area contributed by atoms with Crippen molar-refractivity contribution in [1.29, 1.82) is 0 Å². The Morgan fingerprint density at radius 2 is 2.12 bits per heavy atom. The lowest BCUT2D eigenvalue weighted by Gasteiger charge is -2.37. The van der Waals surface area contributed by atoms with E-state index in [9.17, 15) is 0 Å². The zero-order valence-electron chi connectivity index (χ0n) is 9.86. The van der Waals surface area contributed by atoms with Gasteiger partial charge in [-0.15, -0.1) is 11.6 Å². The Balaban J connectivity index is 2.15. The Labute approximate surface area is 102 Å². The molecule has 0 saturated carbocycles. The highest BCUT2D eigenvalue weighted by molar-refractivity contribution is 6.16. The van der Waals surface area contributed by atoms with E-state index < -0.39 is 0 Å². The molecule has 0 bridgehead atoms. The van der Waals surface area contributed by atoms with E-state index in [1.807, 2.05) is 6.20 Å². The van der Waals surface area contributed by atoms with E-state index in [0.717, 1.165) is 24.0 Å². The topological polar surface area (TPSA) is 29.0 Å². The average molecular weight is 240 g/mol. The molecule has 1 saturated heterocycles. The lowest BCUT2D eigenvalue weighted by Crippen LogP contribution is -2.41. The largest absolute Gasteiger partial charge is 0.352 e. The molecule has 0 amide bonds. The van der Waals surface area contributed by atoms with Crippen LogP contribution in [0.2, 0.25) is 0 Å². The molecular weight excluding hydrogens is 222 g/mol. The molecule has 88 valence electrons. The van der Waals surface area contributed by atoms with Crippen LogP contribution in [0.3, 0.4) is 0 Å². The summed E-state index contributed by atoms with van der Waals surface area (Å²) in [4.78, 5) is 11.1. The van der Waals surface area contributed by atoms with Crippen molar-refractivity contribution in [3.63, 3.8) is 0 Å². The minimum Gasteiger partial charge on any atom is -0.352 e. The minimum atomic E-state index is 0.430. The molecule has 1 aromatic rings. The average Bonchev–Trinajstić information content (AvgIpc) is 2.32. The van der Waals surface area contributed by atoms with Crippen LogP contribution in [-0.2, 0) is 5.88 Å². The smallest absolute Gasteiger partial charge is 0.147 e. The summed E-state index contributed by atoms with van der Waals surface area (Å²) < 4.78 is 0. The molecule has 2 unspecified atom stereocenters. The van der Waals surface area contributed by atoms with Crippen LogP contribution in [0.4, 0.5) is 5.82 Å². The molecule has 1 aliphatic rings. The first-order valence-electron chi connectivity index (χ1n) is 5.84. The summed E-state index contributed by atoms with van der Waals surface area (Å²) >= 11 is 5.70. The second-order valence-electron chi connectivity index (χ2n) is 4.68. The highest BCUT2D eigenvalue weighted by atomic mass is 35.5. The van der Waals surface area contributed by atoms with Gasteiger partial charge < -0.3 is 4.90 Å². The quantitative estimate of drug-likeness (QED) is 0.744. The fourth-order valence-corrected chi connectivity index (χ4v) is 2.31. The maximum Gasteiger partial charge on any atom is 0.147 e. The first kappa shape index (κ1) is 11.6. The Bertz CT molecular complexity index is 339. The Hall–Kier alpha value is -0.830. The minimum absolute atomic E-state index is 0.430. The van der Waals surface area contributed by atoms with Crippen molar-refractivity contribution >= 4 is 17.4 Å². The predicted molar refractivity (Wildman–Crippen MR) is 66.8 cm³/mol. The van der Waals surface area contributed by atoms with Crippen molar-refractivity contribution < 1.29 is 0 Å². The molecule has 0 radical (unpaired) electrons. The standard InChI is InChI=1S/C12H18ClN3/c1-9-3-4-10(2)16(8-9)12-7-14-11(5-13)6-15-12/h6-7,9-10H,3-5,8H2,1-2H3. The lowest BCUT2D eigenvalue weighted by atomic mass is 9.95. The van der Waals surface area contributed by atoms with Gasteiger partial charge in [-0.25, -0.2) is 4.98 Å². The summed E-state index contributed by atoms with van der Waals surface area (Å²) in [5.74, 6) is 2.15. The summed E-state index contributed by atoms with van der Waals surface area (Å²) in [6.45, 7) is 5.62. The van der Waals surface area contributed by atoms with Crippen molar-refractivity contribution in [1.82, 2.24) is 9.97 Å². The van der Waals surface area contributed by atoms with Crippen molar-refractivity contribution in [3.8, 4) is 0 Å². The molecular formula is C12H18ClN3. The summed E-state index contributed by atoms with van der Waals surface area (Å²) in [6.07, 6.45) is 6.16. The Morgan fingerprint density at radius 1 is 1.31 bits per heavy atom. The molecule has 3 nitrogen and oxygen atoms in total. The SMILES string of the molecule is CC1CCC(C)N(c2cnc(CCl)cn2)C1. The molecule has 16 heavy (non-hydrogen) atoms. The van der Waals surface area contributed by atoms with Gasteiger partial charge in [-0.1, -0.05) is 6.92 Å². The van der Waals surface area contributed by atoms with Crippen molar-refractivity contribution in [2.45, 2.75) is 38.6 Å². The lowest BCUT2D eigenvalue weighted by molar-refractivity contribution is 0.388. The van der Waals surface area contributed by atoms with E-state index in [0.29, 0.717) is 11.9 Å². The number of rotatable bonds is 2. The van der Waals surface area contributed by atoms with Crippen molar-refractivity contribution in [3.05, 3.63) is 18.1 Å². The number of halogens is 1. The zero-order valence-corrected chi connectivity index (χ0v) is 10.6. The molecule has 1 aliphatic heterocycles. The van der Waals surface area contributed by atoms with Crippen LogP contribution in [0.5, 0.6) is 0 Å². The summed E-state index contributed by atoms with van der Waals surface area (Å²) in [5, 5.41) is 0. The van der Waals surface area contributed by atoms with Crippen LogP contribution in [-0.4, -0.2) is 22.6 Å². The number of anilines is 1. The fourth-order valence-electron chi connectivity index (χ4n) is 2.17. The van der Waals surface area contributed by atoms with Gasteiger partial charge in [0.05, 0.1) is 24.0 Å². The highest BCUT2D eigenvalue weighted by Crippen LogP contribution is 2.25. The van der Waals surface area contributed by atoms with E-state index in [-0.39, 0.29) is 0 Å². The van der Waals surface area contributed by atoms with Gasteiger partial charge in [0.25, 0.3) is 0 Å². The summed E-state index contributed by atoms with van der Waals surface area (Å²) in [5.41, 5.74) is 0.836. The summed E-state index contributed by atoms with van der Waals surface area (Å²) in [7, 11) is 0. The van der Waals surface area contributed by atoms with E-state index in [1.54, 1.807) is 6.20 Å². The van der Waals surface area contributed by atoms with Crippen molar-refractivity contribution in [2.75, 3.05) is 11.4 Å². The van der Waals surface area contributed by atoms with Gasteiger partial charge in [-0.05, 0) is 25.7 Å².